The molecule has 0 radical (unpaired) electrons. The van der Waals surface area contributed by atoms with Gasteiger partial charge in [-0.3, -0.25) is 4.79 Å². The van der Waals surface area contributed by atoms with Crippen molar-refractivity contribution >= 4 is 16.9 Å². The Morgan fingerprint density at radius 1 is 1.31 bits per heavy atom. The summed E-state index contributed by atoms with van der Waals surface area (Å²) in [4.78, 5) is 11.8. The quantitative estimate of drug-likeness (QED) is 0.696. The van der Waals surface area contributed by atoms with Gasteiger partial charge in [0.1, 0.15) is 0 Å². The first-order valence-corrected chi connectivity index (χ1v) is 6.77. The third-order valence-electron chi connectivity index (χ3n) is 3.19. The van der Waals surface area contributed by atoms with E-state index in [-0.39, 0.29) is 16.3 Å². The van der Waals surface area contributed by atoms with Gasteiger partial charge in [-0.2, -0.15) is 0 Å². The number of hydrogen-bond acceptors (Lipinski definition) is 3. The van der Waals surface area contributed by atoms with Crippen molar-refractivity contribution in [2.45, 2.75) is 64.2 Å². The maximum atomic E-state index is 11.8. The second-order valence-corrected chi connectivity index (χ2v) is 5.81. The van der Waals surface area contributed by atoms with Gasteiger partial charge in [0.25, 0.3) is 0 Å². The molecule has 3 heteroatoms. The SMILES string of the molecule is C=C(C)[C@H](O)CC(=O)SC(CC)(CC)CC. The maximum absolute atomic E-state index is 11.8. The summed E-state index contributed by atoms with van der Waals surface area (Å²) in [6.07, 6.45) is 2.45. The molecule has 0 aliphatic rings. The van der Waals surface area contributed by atoms with Crippen molar-refractivity contribution in [3.05, 3.63) is 12.2 Å². The van der Waals surface area contributed by atoms with Crippen LogP contribution in [-0.2, 0) is 4.79 Å². The zero-order valence-electron chi connectivity index (χ0n) is 10.9. The van der Waals surface area contributed by atoms with Gasteiger partial charge in [0.15, 0.2) is 5.12 Å². The molecule has 0 aliphatic carbocycles. The summed E-state index contributed by atoms with van der Waals surface area (Å²) >= 11 is 1.40. The number of carbonyl (C=O) groups excluding carboxylic acids is 1. The van der Waals surface area contributed by atoms with Crippen LogP contribution in [0.2, 0.25) is 0 Å². The Balaban J connectivity index is 4.36. The molecule has 0 saturated carbocycles. The van der Waals surface area contributed by atoms with Crippen LogP contribution in [0.1, 0.15) is 53.4 Å². The van der Waals surface area contributed by atoms with Gasteiger partial charge >= 0.3 is 0 Å². The highest BCUT2D eigenvalue weighted by Gasteiger charge is 2.28. The lowest BCUT2D eigenvalue weighted by Gasteiger charge is -2.29. The molecule has 0 aromatic carbocycles. The largest absolute Gasteiger partial charge is 0.388 e. The molecule has 0 heterocycles. The Morgan fingerprint density at radius 3 is 2.06 bits per heavy atom. The minimum Gasteiger partial charge on any atom is -0.388 e. The predicted octanol–water partition coefficient (Wildman–Crippen LogP) is 3.54. The van der Waals surface area contributed by atoms with Crippen molar-refractivity contribution in [1.29, 1.82) is 0 Å². The third kappa shape index (κ3) is 4.71. The van der Waals surface area contributed by atoms with E-state index in [0.29, 0.717) is 5.57 Å². The molecule has 94 valence electrons. The summed E-state index contributed by atoms with van der Waals surface area (Å²) in [5.41, 5.74) is 0.657. The van der Waals surface area contributed by atoms with Crippen LogP contribution in [0.25, 0.3) is 0 Å². The van der Waals surface area contributed by atoms with Gasteiger partial charge < -0.3 is 5.11 Å². The molecule has 0 aromatic rings. The van der Waals surface area contributed by atoms with Gasteiger partial charge in [-0.1, -0.05) is 44.7 Å². The van der Waals surface area contributed by atoms with E-state index in [4.69, 9.17) is 0 Å². The topological polar surface area (TPSA) is 37.3 Å². The lowest BCUT2D eigenvalue weighted by atomic mass is 9.99. The van der Waals surface area contributed by atoms with Crippen LogP contribution in [0.5, 0.6) is 0 Å². The predicted molar refractivity (Wildman–Crippen MR) is 71.6 cm³/mol. The van der Waals surface area contributed by atoms with Crippen LogP contribution in [0.3, 0.4) is 0 Å². The van der Waals surface area contributed by atoms with Crippen molar-refractivity contribution in [1.82, 2.24) is 0 Å². The van der Waals surface area contributed by atoms with E-state index in [1.807, 2.05) is 0 Å². The number of rotatable bonds is 7. The number of aliphatic hydroxyl groups excluding tert-OH is 1. The zero-order valence-corrected chi connectivity index (χ0v) is 11.7. The molecule has 0 bridgehead atoms. The maximum Gasteiger partial charge on any atom is 0.192 e. The number of aliphatic hydroxyl groups is 1. The molecule has 1 atom stereocenters. The lowest BCUT2D eigenvalue weighted by Crippen LogP contribution is -2.25. The summed E-state index contributed by atoms with van der Waals surface area (Å²) in [7, 11) is 0. The summed E-state index contributed by atoms with van der Waals surface area (Å²) < 4.78 is 0.0475. The van der Waals surface area contributed by atoms with E-state index in [2.05, 4.69) is 27.4 Å². The van der Waals surface area contributed by atoms with Gasteiger partial charge in [-0.15, -0.1) is 0 Å². The van der Waals surface area contributed by atoms with Gasteiger partial charge in [0, 0.05) is 11.2 Å². The fourth-order valence-electron chi connectivity index (χ4n) is 1.58. The summed E-state index contributed by atoms with van der Waals surface area (Å²) in [6, 6.07) is 0. The fourth-order valence-corrected chi connectivity index (χ4v) is 2.74. The fraction of sp³-hybridized carbons (Fsp3) is 0.769. The van der Waals surface area contributed by atoms with E-state index in [1.165, 1.54) is 11.8 Å². The highest BCUT2D eigenvalue weighted by atomic mass is 32.2. The monoisotopic (exact) mass is 244 g/mol. The van der Waals surface area contributed by atoms with Crippen LogP contribution in [0.4, 0.5) is 0 Å². The van der Waals surface area contributed by atoms with Crippen molar-refractivity contribution in [3.8, 4) is 0 Å². The molecule has 1 N–H and O–H groups in total. The Hall–Kier alpha value is -0.280. The average molecular weight is 244 g/mol. The Bertz CT molecular complexity index is 236. The molecular formula is C13H24O2S. The minimum atomic E-state index is -0.691. The summed E-state index contributed by atoms with van der Waals surface area (Å²) in [5, 5.41) is 9.65. The number of carbonyl (C=O) groups is 1. The first-order valence-electron chi connectivity index (χ1n) is 5.96. The molecular weight excluding hydrogens is 220 g/mol. The first kappa shape index (κ1) is 15.7. The molecule has 0 aromatic heterocycles. The third-order valence-corrected chi connectivity index (χ3v) is 4.89. The van der Waals surface area contributed by atoms with Crippen molar-refractivity contribution < 1.29 is 9.90 Å². The molecule has 0 spiro atoms. The van der Waals surface area contributed by atoms with E-state index in [1.54, 1.807) is 6.92 Å². The molecule has 16 heavy (non-hydrogen) atoms. The Labute approximate surface area is 104 Å². The highest BCUT2D eigenvalue weighted by molar-refractivity contribution is 8.14. The Morgan fingerprint density at radius 2 is 1.75 bits per heavy atom. The van der Waals surface area contributed by atoms with Crippen molar-refractivity contribution in [2.75, 3.05) is 0 Å². The second-order valence-electron chi connectivity index (χ2n) is 4.28. The van der Waals surface area contributed by atoms with Gasteiger partial charge in [-0.25, -0.2) is 0 Å². The van der Waals surface area contributed by atoms with E-state index in [0.717, 1.165) is 19.3 Å². The van der Waals surface area contributed by atoms with Gasteiger partial charge in [0.05, 0.1) is 6.10 Å². The van der Waals surface area contributed by atoms with Gasteiger partial charge in [0.2, 0.25) is 0 Å². The highest BCUT2D eigenvalue weighted by Crippen LogP contribution is 2.37. The van der Waals surface area contributed by atoms with Crippen LogP contribution < -0.4 is 0 Å². The van der Waals surface area contributed by atoms with Crippen LogP contribution >= 0.6 is 11.8 Å². The molecule has 0 rings (SSSR count). The molecule has 0 aliphatic heterocycles. The molecule has 0 fully saturated rings. The molecule has 2 nitrogen and oxygen atoms in total. The van der Waals surface area contributed by atoms with Crippen molar-refractivity contribution in [3.63, 3.8) is 0 Å². The number of thioether (sulfide) groups is 1. The molecule has 0 unspecified atom stereocenters. The van der Waals surface area contributed by atoms with Gasteiger partial charge in [-0.05, 0) is 26.2 Å². The van der Waals surface area contributed by atoms with Crippen molar-refractivity contribution in [2.24, 2.45) is 0 Å². The lowest BCUT2D eigenvalue weighted by molar-refractivity contribution is -0.112. The van der Waals surface area contributed by atoms with Crippen LogP contribution in [0, 0.1) is 0 Å². The first-order chi connectivity index (χ1) is 7.40. The molecule has 0 saturated heterocycles. The number of hydrogen-bond donors (Lipinski definition) is 1. The summed E-state index contributed by atoms with van der Waals surface area (Å²) in [5.74, 6) is 0. The smallest absolute Gasteiger partial charge is 0.192 e. The van der Waals surface area contributed by atoms with E-state index >= 15 is 0 Å². The summed E-state index contributed by atoms with van der Waals surface area (Å²) in [6.45, 7) is 11.7. The van der Waals surface area contributed by atoms with E-state index in [9.17, 15) is 9.90 Å². The normalized spacial score (nSPS) is 13.6. The second kappa shape index (κ2) is 7.13. The van der Waals surface area contributed by atoms with E-state index < -0.39 is 6.10 Å². The standard InChI is InChI=1S/C13H24O2S/c1-6-13(7-2,8-3)16-12(15)9-11(14)10(4)5/h11,14H,4,6-9H2,1-3,5H3/t11-/m1/s1. The Kier molecular flexibility index (Phi) is 7.00. The molecule has 0 amide bonds. The van der Waals surface area contributed by atoms with Crippen LogP contribution in [0.15, 0.2) is 12.2 Å². The average Bonchev–Trinajstić information content (AvgIpc) is 2.26. The zero-order chi connectivity index (χ0) is 12.8. The minimum absolute atomic E-state index is 0.0475. The van der Waals surface area contributed by atoms with Crippen LogP contribution in [-0.4, -0.2) is 21.1 Å².